The highest BCUT2D eigenvalue weighted by molar-refractivity contribution is 9.10. The van der Waals surface area contributed by atoms with Crippen molar-refractivity contribution in [3.8, 4) is 0 Å². The molecule has 0 spiro atoms. The van der Waals surface area contributed by atoms with Crippen LogP contribution in [0.1, 0.15) is 6.92 Å². The Bertz CT molecular complexity index is 385. The third-order valence-electron chi connectivity index (χ3n) is 1.60. The summed E-state index contributed by atoms with van der Waals surface area (Å²) in [6.45, 7) is 2.13. The quantitative estimate of drug-likeness (QED) is 0.803. The lowest BCUT2D eigenvalue weighted by atomic mass is 10.3. The summed E-state index contributed by atoms with van der Waals surface area (Å²) in [7, 11) is 0. The third kappa shape index (κ3) is 3.16. The van der Waals surface area contributed by atoms with E-state index in [2.05, 4.69) is 26.6 Å². The molecule has 6 heteroatoms. The van der Waals surface area contributed by atoms with E-state index in [1.54, 1.807) is 6.92 Å². The highest BCUT2D eigenvalue weighted by Crippen LogP contribution is 2.23. The van der Waals surface area contributed by atoms with E-state index in [-0.39, 0.29) is 10.2 Å². The van der Waals surface area contributed by atoms with Crippen LogP contribution in [-0.2, 0) is 0 Å². The van der Waals surface area contributed by atoms with Crippen molar-refractivity contribution in [1.29, 1.82) is 0 Å². The molecule has 0 unspecified atom stereocenters. The van der Waals surface area contributed by atoms with Crippen molar-refractivity contribution in [2.75, 3.05) is 11.9 Å². The van der Waals surface area contributed by atoms with Crippen LogP contribution in [-0.4, -0.2) is 12.6 Å². The van der Waals surface area contributed by atoms with E-state index in [1.165, 1.54) is 0 Å². The van der Waals surface area contributed by atoms with Crippen LogP contribution in [0.2, 0.25) is 0 Å². The Hall–Kier alpha value is -1.17. The maximum Gasteiger partial charge on any atom is 0.319 e. The highest BCUT2D eigenvalue weighted by atomic mass is 79.9. The van der Waals surface area contributed by atoms with Crippen LogP contribution in [0.15, 0.2) is 16.6 Å². The Morgan fingerprint density at radius 3 is 2.67 bits per heavy atom. The van der Waals surface area contributed by atoms with Crippen molar-refractivity contribution in [2.24, 2.45) is 0 Å². The van der Waals surface area contributed by atoms with Gasteiger partial charge in [0.05, 0.1) is 10.2 Å². The van der Waals surface area contributed by atoms with Gasteiger partial charge in [-0.05, 0) is 28.9 Å². The molecular weight excluding hydrogens is 270 g/mol. The van der Waals surface area contributed by atoms with Gasteiger partial charge in [-0.1, -0.05) is 0 Å². The van der Waals surface area contributed by atoms with E-state index in [0.29, 0.717) is 6.54 Å². The number of urea groups is 1. The summed E-state index contributed by atoms with van der Waals surface area (Å²) in [6.07, 6.45) is 0. The van der Waals surface area contributed by atoms with E-state index in [9.17, 15) is 13.6 Å². The molecule has 0 aliphatic rings. The van der Waals surface area contributed by atoms with Crippen molar-refractivity contribution in [3.63, 3.8) is 0 Å². The number of halogens is 3. The Balaban J connectivity index is 2.86. The first-order valence-corrected chi connectivity index (χ1v) is 5.03. The number of nitrogens with one attached hydrogen (secondary N) is 2. The monoisotopic (exact) mass is 278 g/mol. The number of carbonyl (C=O) groups excluding carboxylic acids is 1. The van der Waals surface area contributed by atoms with Gasteiger partial charge >= 0.3 is 6.03 Å². The van der Waals surface area contributed by atoms with Gasteiger partial charge in [0.2, 0.25) is 0 Å². The lowest BCUT2D eigenvalue weighted by Crippen LogP contribution is -2.28. The molecule has 2 amide bonds. The molecule has 15 heavy (non-hydrogen) atoms. The molecule has 1 aromatic rings. The van der Waals surface area contributed by atoms with Gasteiger partial charge in [0.25, 0.3) is 0 Å². The maximum atomic E-state index is 13.2. The minimum Gasteiger partial charge on any atom is -0.338 e. The van der Waals surface area contributed by atoms with E-state index in [0.717, 1.165) is 12.1 Å². The molecule has 0 saturated carbocycles. The fraction of sp³-hybridized carbons (Fsp3) is 0.222. The van der Waals surface area contributed by atoms with Gasteiger partial charge in [-0.3, -0.25) is 0 Å². The van der Waals surface area contributed by atoms with Gasteiger partial charge in [-0.25, -0.2) is 13.6 Å². The van der Waals surface area contributed by atoms with Crippen molar-refractivity contribution >= 4 is 27.6 Å². The molecule has 0 aromatic heterocycles. The highest BCUT2D eigenvalue weighted by Gasteiger charge is 2.10. The molecule has 0 heterocycles. The predicted molar refractivity (Wildman–Crippen MR) is 56.8 cm³/mol. The first kappa shape index (κ1) is 11.9. The summed E-state index contributed by atoms with van der Waals surface area (Å²) in [4.78, 5) is 11.0. The lowest BCUT2D eigenvalue weighted by molar-refractivity contribution is 0.252. The molecule has 0 aliphatic heterocycles. The zero-order valence-corrected chi connectivity index (χ0v) is 9.49. The lowest BCUT2D eigenvalue weighted by Gasteiger charge is -2.07. The Morgan fingerprint density at radius 1 is 1.40 bits per heavy atom. The molecule has 0 atom stereocenters. The molecule has 3 nitrogen and oxygen atoms in total. The first-order chi connectivity index (χ1) is 7.04. The molecule has 0 radical (unpaired) electrons. The average Bonchev–Trinajstić information content (AvgIpc) is 2.14. The molecule has 1 rings (SSSR count). The molecular formula is C9H9BrF2N2O. The van der Waals surface area contributed by atoms with Crippen molar-refractivity contribution in [2.45, 2.75) is 6.92 Å². The van der Waals surface area contributed by atoms with Gasteiger partial charge in [-0.15, -0.1) is 0 Å². The van der Waals surface area contributed by atoms with Crippen LogP contribution in [0.3, 0.4) is 0 Å². The Morgan fingerprint density at radius 2 is 2.07 bits per heavy atom. The second-order valence-electron chi connectivity index (χ2n) is 2.73. The molecule has 1 aromatic carbocycles. The fourth-order valence-corrected chi connectivity index (χ4v) is 1.26. The minimum absolute atomic E-state index is 0.0152. The van der Waals surface area contributed by atoms with Crippen molar-refractivity contribution < 1.29 is 13.6 Å². The van der Waals surface area contributed by atoms with E-state index >= 15 is 0 Å². The number of carbonyl (C=O) groups is 1. The first-order valence-electron chi connectivity index (χ1n) is 4.24. The second kappa shape index (κ2) is 5.06. The Labute approximate surface area is 94.0 Å². The fourth-order valence-electron chi connectivity index (χ4n) is 0.945. The van der Waals surface area contributed by atoms with Gasteiger partial charge in [0.1, 0.15) is 11.6 Å². The van der Waals surface area contributed by atoms with E-state index < -0.39 is 17.7 Å². The number of amides is 2. The van der Waals surface area contributed by atoms with Gasteiger partial charge in [0, 0.05) is 12.6 Å². The number of hydrogen-bond donors (Lipinski definition) is 2. The van der Waals surface area contributed by atoms with Crippen LogP contribution in [0.4, 0.5) is 19.3 Å². The minimum atomic E-state index is -0.700. The number of anilines is 1. The molecule has 0 aliphatic carbocycles. The molecule has 0 saturated heterocycles. The summed E-state index contributed by atoms with van der Waals surface area (Å²) >= 11 is 2.83. The number of rotatable bonds is 2. The molecule has 2 N–H and O–H groups in total. The molecule has 0 bridgehead atoms. The van der Waals surface area contributed by atoms with Crippen LogP contribution in [0, 0.1) is 11.6 Å². The van der Waals surface area contributed by atoms with E-state index in [4.69, 9.17) is 0 Å². The van der Waals surface area contributed by atoms with E-state index in [1.807, 2.05) is 0 Å². The van der Waals surface area contributed by atoms with Gasteiger partial charge in [-0.2, -0.15) is 0 Å². The third-order valence-corrected chi connectivity index (χ3v) is 2.20. The largest absolute Gasteiger partial charge is 0.338 e. The predicted octanol–water partition coefficient (Wildman–Crippen LogP) is 2.87. The summed E-state index contributed by atoms with van der Waals surface area (Å²) < 4.78 is 26.2. The summed E-state index contributed by atoms with van der Waals surface area (Å²) in [5.74, 6) is -1.34. The van der Waals surface area contributed by atoms with Crippen LogP contribution in [0.25, 0.3) is 0 Å². The van der Waals surface area contributed by atoms with Crippen LogP contribution in [0.5, 0.6) is 0 Å². The van der Waals surface area contributed by atoms with Crippen molar-refractivity contribution in [3.05, 3.63) is 28.2 Å². The Kier molecular flexibility index (Phi) is 4.02. The summed E-state index contributed by atoms with van der Waals surface area (Å²) in [5, 5.41) is 4.60. The smallest absolute Gasteiger partial charge is 0.319 e. The number of benzene rings is 1. The SMILES string of the molecule is CCNC(=O)Nc1cc(F)c(Br)cc1F. The maximum absolute atomic E-state index is 13.2. The molecule has 82 valence electrons. The second-order valence-corrected chi connectivity index (χ2v) is 3.58. The standard InChI is InChI=1S/C9H9BrF2N2O/c1-2-13-9(15)14-8-4-6(11)5(10)3-7(8)12/h3-4H,2H2,1H3,(H2,13,14,15). The van der Waals surface area contributed by atoms with Gasteiger partial charge in [0.15, 0.2) is 0 Å². The zero-order chi connectivity index (χ0) is 11.4. The van der Waals surface area contributed by atoms with Crippen LogP contribution >= 0.6 is 15.9 Å². The van der Waals surface area contributed by atoms with Crippen molar-refractivity contribution in [1.82, 2.24) is 5.32 Å². The number of hydrogen-bond acceptors (Lipinski definition) is 1. The van der Waals surface area contributed by atoms with Crippen LogP contribution < -0.4 is 10.6 Å². The normalized spacial score (nSPS) is 9.87. The molecule has 0 fully saturated rings. The summed E-state index contributed by atoms with van der Waals surface area (Å²) in [6, 6.07) is 1.30. The zero-order valence-electron chi connectivity index (χ0n) is 7.90. The summed E-state index contributed by atoms with van der Waals surface area (Å²) in [5.41, 5.74) is -0.193. The van der Waals surface area contributed by atoms with Gasteiger partial charge < -0.3 is 10.6 Å². The average molecular weight is 279 g/mol. The topological polar surface area (TPSA) is 41.1 Å².